The Balaban J connectivity index is 3.13. The predicted octanol–water partition coefficient (Wildman–Crippen LogP) is 1.57. The zero-order chi connectivity index (χ0) is 14.5. The number of ether oxygens (including phenoxy) is 1. The summed E-state index contributed by atoms with van der Waals surface area (Å²) in [5.41, 5.74) is 6.36. The SMILES string of the molecule is CCCOc1ccc(S(=O)(=O)N(C)CC)cc1CN. The zero-order valence-corrected chi connectivity index (χ0v) is 12.5. The third-order valence-corrected chi connectivity index (χ3v) is 4.80. The van der Waals surface area contributed by atoms with Crippen molar-refractivity contribution >= 4 is 10.0 Å². The molecule has 0 saturated heterocycles. The standard InChI is InChI=1S/C13H22N2O3S/c1-4-8-18-13-7-6-12(9-11(13)10-14)19(16,17)15(3)5-2/h6-7,9H,4-5,8,10,14H2,1-3H3. The third kappa shape index (κ3) is 3.68. The van der Waals surface area contributed by atoms with Crippen LogP contribution in [-0.2, 0) is 16.6 Å². The van der Waals surface area contributed by atoms with Gasteiger partial charge in [0.2, 0.25) is 10.0 Å². The minimum atomic E-state index is -3.44. The molecule has 0 spiro atoms. The first-order valence-electron chi connectivity index (χ1n) is 6.39. The molecule has 5 nitrogen and oxygen atoms in total. The topological polar surface area (TPSA) is 72.6 Å². The molecule has 1 aromatic rings. The molecule has 0 saturated carbocycles. The van der Waals surface area contributed by atoms with Gasteiger partial charge in [-0.1, -0.05) is 13.8 Å². The van der Waals surface area contributed by atoms with E-state index in [1.807, 2.05) is 6.92 Å². The predicted molar refractivity (Wildman–Crippen MR) is 75.6 cm³/mol. The van der Waals surface area contributed by atoms with Crippen LogP contribution in [0.1, 0.15) is 25.8 Å². The molecule has 2 N–H and O–H groups in total. The van der Waals surface area contributed by atoms with Gasteiger partial charge in [0.15, 0.2) is 0 Å². The first-order chi connectivity index (χ1) is 8.97. The van der Waals surface area contributed by atoms with E-state index in [4.69, 9.17) is 10.5 Å². The average molecular weight is 286 g/mol. The van der Waals surface area contributed by atoms with Gasteiger partial charge in [-0.05, 0) is 24.6 Å². The van der Waals surface area contributed by atoms with Gasteiger partial charge in [-0.2, -0.15) is 0 Å². The Labute approximate surface area is 115 Å². The van der Waals surface area contributed by atoms with E-state index < -0.39 is 10.0 Å². The molecule has 0 atom stereocenters. The van der Waals surface area contributed by atoms with E-state index in [1.54, 1.807) is 32.2 Å². The normalized spacial score (nSPS) is 11.8. The van der Waals surface area contributed by atoms with E-state index in [9.17, 15) is 8.42 Å². The van der Waals surface area contributed by atoms with Gasteiger partial charge in [0, 0.05) is 25.7 Å². The maximum atomic E-state index is 12.2. The molecule has 0 radical (unpaired) electrons. The van der Waals surface area contributed by atoms with Crippen LogP contribution in [0.3, 0.4) is 0 Å². The van der Waals surface area contributed by atoms with Crippen LogP contribution < -0.4 is 10.5 Å². The summed E-state index contributed by atoms with van der Waals surface area (Å²) >= 11 is 0. The number of nitrogens with zero attached hydrogens (tertiary/aromatic N) is 1. The number of hydrogen-bond donors (Lipinski definition) is 1. The Morgan fingerprint density at radius 2 is 2.00 bits per heavy atom. The van der Waals surface area contributed by atoms with Crippen molar-refractivity contribution in [1.82, 2.24) is 4.31 Å². The third-order valence-electron chi connectivity index (χ3n) is 2.87. The van der Waals surface area contributed by atoms with Gasteiger partial charge < -0.3 is 10.5 Å². The van der Waals surface area contributed by atoms with Crippen molar-refractivity contribution in [1.29, 1.82) is 0 Å². The molecule has 0 fully saturated rings. The smallest absolute Gasteiger partial charge is 0.242 e. The lowest BCUT2D eigenvalue weighted by molar-refractivity contribution is 0.314. The minimum Gasteiger partial charge on any atom is -0.493 e. The Morgan fingerprint density at radius 1 is 1.32 bits per heavy atom. The molecule has 1 aromatic carbocycles. The largest absolute Gasteiger partial charge is 0.493 e. The molecule has 1 rings (SSSR count). The highest BCUT2D eigenvalue weighted by Gasteiger charge is 2.20. The van der Waals surface area contributed by atoms with Crippen molar-refractivity contribution in [3.63, 3.8) is 0 Å². The highest BCUT2D eigenvalue weighted by atomic mass is 32.2. The molecule has 19 heavy (non-hydrogen) atoms. The van der Waals surface area contributed by atoms with Crippen LogP contribution in [0.4, 0.5) is 0 Å². The van der Waals surface area contributed by atoms with Gasteiger partial charge in [-0.3, -0.25) is 0 Å². The van der Waals surface area contributed by atoms with Crippen LogP contribution in [-0.4, -0.2) is 32.9 Å². The summed E-state index contributed by atoms with van der Waals surface area (Å²) in [6.45, 7) is 5.07. The molecule has 0 bridgehead atoms. The van der Waals surface area contributed by atoms with Gasteiger partial charge in [0.1, 0.15) is 5.75 Å². The first kappa shape index (κ1) is 15.9. The van der Waals surface area contributed by atoms with E-state index in [0.29, 0.717) is 24.5 Å². The summed E-state index contributed by atoms with van der Waals surface area (Å²) < 4.78 is 31.2. The Hall–Kier alpha value is -1.11. The van der Waals surface area contributed by atoms with Crippen molar-refractivity contribution < 1.29 is 13.2 Å². The molecule has 0 aliphatic rings. The quantitative estimate of drug-likeness (QED) is 0.826. The average Bonchev–Trinajstić information content (AvgIpc) is 2.43. The molecule has 0 amide bonds. The molecule has 0 aromatic heterocycles. The van der Waals surface area contributed by atoms with E-state index in [1.165, 1.54) is 4.31 Å². The van der Waals surface area contributed by atoms with E-state index >= 15 is 0 Å². The van der Waals surface area contributed by atoms with Gasteiger partial charge >= 0.3 is 0 Å². The molecular weight excluding hydrogens is 264 g/mol. The Morgan fingerprint density at radius 3 is 2.53 bits per heavy atom. The second-order valence-corrected chi connectivity index (χ2v) is 6.29. The van der Waals surface area contributed by atoms with Crippen LogP contribution in [0.25, 0.3) is 0 Å². The number of sulfonamides is 1. The number of benzene rings is 1. The number of nitrogens with two attached hydrogens (primary N) is 1. The van der Waals surface area contributed by atoms with Crippen molar-refractivity contribution in [2.24, 2.45) is 5.73 Å². The number of rotatable bonds is 7. The van der Waals surface area contributed by atoms with Crippen LogP contribution in [0.2, 0.25) is 0 Å². The fourth-order valence-corrected chi connectivity index (χ4v) is 2.81. The highest BCUT2D eigenvalue weighted by molar-refractivity contribution is 7.89. The molecule has 0 aliphatic heterocycles. The van der Waals surface area contributed by atoms with Crippen molar-refractivity contribution in [3.05, 3.63) is 23.8 Å². The molecule has 6 heteroatoms. The maximum absolute atomic E-state index is 12.2. The van der Waals surface area contributed by atoms with Gasteiger partial charge in [0.25, 0.3) is 0 Å². The molecule has 108 valence electrons. The second-order valence-electron chi connectivity index (χ2n) is 4.24. The molecule has 0 aliphatic carbocycles. The van der Waals surface area contributed by atoms with E-state index in [0.717, 1.165) is 6.42 Å². The van der Waals surface area contributed by atoms with E-state index in [2.05, 4.69) is 0 Å². The fraction of sp³-hybridized carbons (Fsp3) is 0.538. The summed E-state index contributed by atoms with van der Waals surface area (Å²) in [5.74, 6) is 0.655. The van der Waals surface area contributed by atoms with Gasteiger partial charge in [0.05, 0.1) is 11.5 Å². The zero-order valence-electron chi connectivity index (χ0n) is 11.7. The fourth-order valence-electron chi connectivity index (χ4n) is 1.58. The highest BCUT2D eigenvalue weighted by Crippen LogP contribution is 2.24. The van der Waals surface area contributed by atoms with E-state index in [-0.39, 0.29) is 11.4 Å². The lowest BCUT2D eigenvalue weighted by Crippen LogP contribution is -2.26. The Bertz CT molecular complexity index is 515. The minimum absolute atomic E-state index is 0.248. The summed E-state index contributed by atoms with van der Waals surface area (Å²) in [6, 6.07) is 4.83. The lowest BCUT2D eigenvalue weighted by atomic mass is 10.2. The summed E-state index contributed by atoms with van der Waals surface area (Å²) in [7, 11) is -1.88. The summed E-state index contributed by atoms with van der Waals surface area (Å²) in [4.78, 5) is 0.251. The molecule has 0 heterocycles. The van der Waals surface area contributed by atoms with Gasteiger partial charge in [-0.15, -0.1) is 0 Å². The Kier molecular flexibility index (Phi) is 5.78. The lowest BCUT2D eigenvalue weighted by Gasteiger charge is -2.17. The van der Waals surface area contributed by atoms with Crippen molar-refractivity contribution in [2.45, 2.75) is 31.7 Å². The van der Waals surface area contributed by atoms with Crippen LogP contribution in [0.5, 0.6) is 5.75 Å². The van der Waals surface area contributed by atoms with Crippen LogP contribution in [0, 0.1) is 0 Å². The summed E-state index contributed by atoms with van der Waals surface area (Å²) in [6.07, 6.45) is 0.892. The first-order valence-corrected chi connectivity index (χ1v) is 7.83. The molecular formula is C13H22N2O3S. The van der Waals surface area contributed by atoms with Gasteiger partial charge in [-0.25, -0.2) is 12.7 Å². The summed E-state index contributed by atoms with van der Waals surface area (Å²) in [5, 5.41) is 0. The van der Waals surface area contributed by atoms with Crippen LogP contribution >= 0.6 is 0 Å². The molecule has 0 unspecified atom stereocenters. The van der Waals surface area contributed by atoms with Crippen molar-refractivity contribution in [3.8, 4) is 5.75 Å². The number of hydrogen-bond acceptors (Lipinski definition) is 4. The van der Waals surface area contributed by atoms with Crippen LogP contribution in [0.15, 0.2) is 23.1 Å². The second kappa shape index (κ2) is 6.88. The van der Waals surface area contributed by atoms with Crippen molar-refractivity contribution in [2.75, 3.05) is 20.2 Å². The maximum Gasteiger partial charge on any atom is 0.242 e. The monoisotopic (exact) mass is 286 g/mol.